The fourth-order valence-electron chi connectivity index (χ4n) is 4.56. The molecule has 1 aliphatic rings. The number of hydrogen-bond acceptors (Lipinski definition) is 7. The first-order valence-electron chi connectivity index (χ1n) is 13.5. The minimum absolute atomic E-state index is 0.186. The largest absolute Gasteiger partial charge is 0.487 e. The molecule has 0 fully saturated rings. The van der Waals surface area contributed by atoms with Gasteiger partial charge in [-0.25, -0.2) is 14.0 Å². The van der Waals surface area contributed by atoms with Gasteiger partial charge in [0.2, 0.25) is 0 Å². The van der Waals surface area contributed by atoms with E-state index in [9.17, 15) is 23.9 Å². The maximum Gasteiger partial charge on any atom is 0.323 e. The van der Waals surface area contributed by atoms with Crippen molar-refractivity contribution in [3.05, 3.63) is 65.3 Å². The lowest BCUT2D eigenvalue weighted by atomic mass is 9.99. The van der Waals surface area contributed by atoms with Gasteiger partial charge < -0.3 is 40.1 Å². The molecule has 224 valence electrons. The molecule has 4 N–H and O–H groups in total. The van der Waals surface area contributed by atoms with E-state index in [1.807, 2.05) is 6.92 Å². The summed E-state index contributed by atoms with van der Waals surface area (Å²) < 4.78 is 24.6. The molecule has 4 rings (SSSR count). The smallest absolute Gasteiger partial charge is 0.323 e. The molecule has 42 heavy (non-hydrogen) atoms. The fourth-order valence-corrected chi connectivity index (χ4v) is 4.56. The van der Waals surface area contributed by atoms with Crippen molar-refractivity contribution in [1.82, 2.24) is 15.0 Å². The highest BCUT2D eigenvalue weighted by Gasteiger charge is 2.34. The van der Waals surface area contributed by atoms with Crippen molar-refractivity contribution >= 4 is 35.0 Å². The molecule has 0 saturated heterocycles. The van der Waals surface area contributed by atoms with E-state index in [1.165, 1.54) is 35.2 Å². The zero-order chi connectivity index (χ0) is 30.6. The number of carbonyl (C=O) groups is 3. The van der Waals surface area contributed by atoms with Gasteiger partial charge in [-0.3, -0.25) is 4.79 Å². The van der Waals surface area contributed by atoms with Crippen molar-refractivity contribution in [1.29, 1.82) is 0 Å². The van der Waals surface area contributed by atoms with Gasteiger partial charge in [0.15, 0.2) is 5.76 Å². The van der Waals surface area contributed by atoms with Crippen LogP contribution in [0.5, 0.6) is 5.75 Å². The maximum absolute atomic E-state index is 13.7. The molecule has 2 aromatic carbocycles. The lowest BCUT2D eigenvalue weighted by Crippen LogP contribution is -2.50. The Bertz CT molecular complexity index is 1430. The summed E-state index contributed by atoms with van der Waals surface area (Å²) in [6, 6.07) is 8.51. The quantitative estimate of drug-likeness (QED) is 0.321. The molecule has 0 aliphatic carbocycles. The Kier molecular flexibility index (Phi) is 9.31. The van der Waals surface area contributed by atoms with Gasteiger partial charge in [0.1, 0.15) is 29.1 Å². The number of rotatable bonds is 7. The Balaban J connectivity index is 1.55. The third-order valence-electron chi connectivity index (χ3n) is 7.09. The number of nitrogens with zero attached hydrogens (tertiary/aromatic N) is 3. The number of nitrogens with one attached hydrogen (secondary N) is 3. The second kappa shape index (κ2) is 12.9. The molecule has 13 heteroatoms. The number of halogens is 1. The maximum atomic E-state index is 13.7. The number of aryl methyl sites for hydroxylation is 2. The molecule has 12 nitrogen and oxygen atoms in total. The molecule has 1 aliphatic heterocycles. The van der Waals surface area contributed by atoms with Gasteiger partial charge in [-0.15, -0.1) is 0 Å². The van der Waals surface area contributed by atoms with Crippen molar-refractivity contribution in [2.24, 2.45) is 5.92 Å². The molecule has 0 radical (unpaired) electrons. The van der Waals surface area contributed by atoms with Crippen molar-refractivity contribution in [3.63, 3.8) is 0 Å². The summed E-state index contributed by atoms with van der Waals surface area (Å²) in [6.07, 6.45) is -0.522. The second-order valence-electron chi connectivity index (χ2n) is 10.4. The molecule has 0 unspecified atom stereocenters. The van der Waals surface area contributed by atoms with Gasteiger partial charge >= 0.3 is 12.1 Å². The van der Waals surface area contributed by atoms with Crippen LogP contribution in [0.1, 0.15) is 35.7 Å². The highest BCUT2D eigenvalue weighted by molar-refractivity contribution is 6.02. The number of amides is 5. The fraction of sp³-hybridized carbons (Fsp3) is 0.379. The van der Waals surface area contributed by atoms with Crippen LogP contribution in [0.3, 0.4) is 0 Å². The van der Waals surface area contributed by atoms with E-state index in [0.29, 0.717) is 28.5 Å². The molecule has 1 aromatic heterocycles. The van der Waals surface area contributed by atoms with Crippen LogP contribution >= 0.6 is 0 Å². The Labute approximate surface area is 242 Å². The number of benzene rings is 2. The number of aromatic nitrogens is 1. The molecule has 2 heterocycles. The van der Waals surface area contributed by atoms with E-state index >= 15 is 0 Å². The number of likely N-dealkylation sites (N-methyl/N-ethyl adjacent to an activating group) is 1. The lowest BCUT2D eigenvalue weighted by Gasteiger charge is -2.38. The highest BCUT2D eigenvalue weighted by atomic mass is 19.1. The lowest BCUT2D eigenvalue weighted by molar-refractivity contribution is 0.0371. The zero-order valence-corrected chi connectivity index (χ0v) is 24.1. The van der Waals surface area contributed by atoms with E-state index in [-0.39, 0.29) is 48.9 Å². The number of anilines is 3. The molecule has 0 saturated carbocycles. The molecule has 0 bridgehead atoms. The van der Waals surface area contributed by atoms with E-state index in [0.717, 1.165) is 0 Å². The van der Waals surface area contributed by atoms with E-state index in [2.05, 4.69) is 21.1 Å². The van der Waals surface area contributed by atoms with Crippen molar-refractivity contribution in [2.45, 2.75) is 39.8 Å². The van der Waals surface area contributed by atoms with Gasteiger partial charge in [-0.2, -0.15) is 0 Å². The third-order valence-corrected chi connectivity index (χ3v) is 7.09. The first-order valence-corrected chi connectivity index (χ1v) is 13.5. The number of aliphatic hydroxyl groups excluding tert-OH is 1. The number of ether oxygens (including phenoxy) is 1. The minimum atomic E-state index is -0.584. The van der Waals surface area contributed by atoms with Crippen LogP contribution in [0.4, 0.5) is 31.0 Å². The summed E-state index contributed by atoms with van der Waals surface area (Å²) in [7, 11) is 1.63. The van der Waals surface area contributed by atoms with E-state index in [4.69, 9.17) is 9.26 Å². The Morgan fingerprint density at radius 1 is 1.14 bits per heavy atom. The number of hydrogen-bond donors (Lipinski definition) is 4. The van der Waals surface area contributed by atoms with Crippen molar-refractivity contribution < 1.29 is 33.1 Å². The summed E-state index contributed by atoms with van der Waals surface area (Å²) in [5, 5.41) is 21.8. The van der Waals surface area contributed by atoms with Crippen molar-refractivity contribution in [3.8, 4) is 5.75 Å². The Morgan fingerprint density at radius 2 is 1.81 bits per heavy atom. The van der Waals surface area contributed by atoms with E-state index < -0.39 is 24.0 Å². The predicted molar refractivity (Wildman–Crippen MR) is 154 cm³/mol. The van der Waals surface area contributed by atoms with Gasteiger partial charge in [-0.1, -0.05) is 12.1 Å². The van der Waals surface area contributed by atoms with E-state index in [1.54, 1.807) is 44.9 Å². The highest BCUT2D eigenvalue weighted by Crippen LogP contribution is 2.31. The summed E-state index contributed by atoms with van der Waals surface area (Å²) in [5.74, 6) is -0.256. The predicted octanol–water partition coefficient (Wildman–Crippen LogP) is 4.46. The van der Waals surface area contributed by atoms with Gasteiger partial charge in [0.05, 0.1) is 24.8 Å². The van der Waals surface area contributed by atoms with Crippen LogP contribution < -0.4 is 20.7 Å². The monoisotopic (exact) mass is 582 g/mol. The summed E-state index contributed by atoms with van der Waals surface area (Å²) in [6.45, 7) is 7.27. The SMILES string of the molecule is Cc1noc(C)c1NC(=O)N(C)C[C@@H]1Oc2ccc(NC(=O)Nc3ccc(F)cc3)cc2C(=O)N([C@H](C)CO)C[C@@H]1C. The van der Waals surface area contributed by atoms with Crippen LogP contribution in [0, 0.1) is 25.6 Å². The Hall–Kier alpha value is -4.65. The Morgan fingerprint density at radius 3 is 2.45 bits per heavy atom. The van der Waals surface area contributed by atoms with Crippen LogP contribution in [0.25, 0.3) is 0 Å². The molecule has 0 spiro atoms. The average molecular weight is 583 g/mol. The topological polar surface area (TPSA) is 149 Å². The molecular formula is C29H35FN6O6. The molecule has 5 amide bonds. The van der Waals surface area contributed by atoms with Gasteiger partial charge in [0.25, 0.3) is 5.91 Å². The zero-order valence-electron chi connectivity index (χ0n) is 24.1. The molecule has 3 aromatic rings. The summed E-state index contributed by atoms with van der Waals surface area (Å²) in [4.78, 5) is 42.2. The second-order valence-corrected chi connectivity index (χ2v) is 10.4. The third kappa shape index (κ3) is 6.97. The van der Waals surface area contributed by atoms with Crippen molar-refractivity contribution in [2.75, 3.05) is 42.7 Å². The number of fused-ring (bicyclic) bond motifs is 1. The normalized spacial score (nSPS) is 17.3. The van der Waals surface area contributed by atoms with Crippen LogP contribution in [-0.2, 0) is 0 Å². The standard InChI is InChI=1S/C29H35FN6O6/c1-16-13-36(17(2)15-37)27(38)23-12-22(32-28(39)31-21-8-6-20(30)7-9-21)10-11-24(23)41-25(16)14-35(5)29(40)33-26-18(3)34-42-19(26)4/h6-12,16-17,25,37H,13-15H2,1-5H3,(H,33,40)(H2,31,32,39)/t16-,17+,25-/m0/s1. The number of aliphatic hydroxyl groups is 1. The van der Waals surface area contributed by atoms with Crippen LogP contribution in [0.2, 0.25) is 0 Å². The van der Waals surface area contributed by atoms with Gasteiger partial charge in [-0.05, 0) is 63.2 Å². The molecule has 3 atom stereocenters. The minimum Gasteiger partial charge on any atom is -0.487 e. The number of carbonyl (C=O) groups excluding carboxylic acids is 3. The van der Waals surface area contributed by atoms with Crippen LogP contribution in [-0.4, -0.2) is 76.9 Å². The average Bonchev–Trinajstić information content (AvgIpc) is 3.27. The first kappa shape index (κ1) is 30.3. The first-order chi connectivity index (χ1) is 20.0. The number of urea groups is 2. The van der Waals surface area contributed by atoms with Crippen LogP contribution in [0.15, 0.2) is 47.0 Å². The summed E-state index contributed by atoms with van der Waals surface area (Å²) in [5.41, 5.74) is 1.96. The molecular weight excluding hydrogens is 547 g/mol. The van der Waals surface area contributed by atoms with Gasteiger partial charge in [0, 0.05) is 30.9 Å². The summed E-state index contributed by atoms with van der Waals surface area (Å²) >= 11 is 0.